The molecule has 108 valence electrons. The molecule has 8 heteroatoms. The van der Waals surface area contributed by atoms with Crippen LogP contribution in [0.1, 0.15) is 6.92 Å². The number of carbonyl (C=O) groups excluding carboxylic acids is 2. The van der Waals surface area contributed by atoms with Gasteiger partial charge in [-0.1, -0.05) is 0 Å². The van der Waals surface area contributed by atoms with Crippen LogP contribution in [0.2, 0.25) is 0 Å². The summed E-state index contributed by atoms with van der Waals surface area (Å²) in [7, 11) is 1.96. The van der Waals surface area contributed by atoms with Crippen molar-refractivity contribution >= 4 is 17.9 Å². The number of aliphatic carboxylic acids is 1. The predicted molar refractivity (Wildman–Crippen MR) is 67.5 cm³/mol. The first-order valence-electron chi connectivity index (χ1n) is 6.05. The zero-order valence-electron chi connectivity index (χ0n) is 11.2. The Bertz CT molecular complexity index is 358. The maximum absolute atomic E-state index is 12.2. The summed E-state index contributed by atoms with van der Waals surface area (Å²) >= 11 is 0. The summed E-state index contributed by atoms with van der Waals surface area (Å²) in [5.41, 5.74) is 5.04. The lowest BCUT2D eigenvalue weighted by Crippen LogP contribution is -2.57. The summed E-state index contributed by atoms with van der Waals surface area (Å²) in [6.07, 6.45) is 0. The van der Waals surface area contributed by atoms with Gasteiger partial charge in [0.1, 0.15) is 13.1 Å². The Morgan fingerprint density at radius 2 is 1.95 bits per heavy atom. The first-order chi connectivity index (χ1) is 8.81. The molecule has 1 atom stereocenters. The van der Waals surface area contributed by atoms with Crippen molar-refractivity contribution in [3.8, 4) is 0 Å². The Balaban J connectivity index is 2.74. The summed E-state index contributed by atoms with van der Waals surface area (Å²) in [6, 6.07) is -0.489. The molecule has 1 rings (SSSR count). The number of carboxylic acid groups (broad SMARTS) is 1. The third-order valence-corrected chi connectivity index (χ3v) is 3.02. The van der Waals surface area contributed by atoms with Gasteiger partial charge in [-0.2, -0.15) is 0 Å². The van der Waals surface area contributed by atoms with Crippen LogP contribution in [0.5, 0.6) is 0 Å². The molecule has 1 fully saturated rings. The molecular formula is C11H20N4O4. The van der Waals surface area contributed by atoms with Crippen molar-refractivity contribution in [2.75, 3.05) is 39.8 Å². The molecule has 0 aromatic rings. The van der Waals surface area contributed by atoms with Crippen LogP contribution in [-0.2, 0) is 9.59 Å². The van der Waals surface area contributed by atoms with E-state index in [1.54, 1.807) is 4.90 Å². The van der Waals surface area contributed by atoms with E-state index in [0.717, 1.165) is 4.90 Å². The van der Waals surface area contributed by atoms with E-state index in [9.17, 15) is 14.4 Å². The molecule has 0 saturated carbocycles. The Morgan fingerprint density at radius 3 is 2.42 bits per heavy atom. The molecule has 0 bridgehead atoms. The largest absolute Gasteiger partial charge is 0.480 e. The van der Waals surface area contributed by atoms with Gasteiger partial charge in [-0.15, -0.1) is 0 Å². The van der Waals surface area contributed by atoms with Crippen molar-refractivity contribution in [3.63, 3.8) is 0 Å². The topological polar surface area (TPSA) is 107 Å². The summed E-state index contributed by atoms with van der Waals surface area (Å²) in [4.78, 5) is 38.5. The van der Waals surface area contributed by atoms with Crippen LogP contribution in [0, 0.1) is 0 Å². The van der Waals surface area contributed by atoms with Crippen LogP contribution in [0.3, 0.4) is 0 Å². The number of likely N-dealkylation sites (N-methyl/N-ethyl adjacent to an activating group) is 1. The number of urea groups is 1. The number of primary amides is 1. The van der Waals surface area contributed by atoms with Crippen molar-refractivity contribution in [2.45, 2.75) is 13.0 Å². The van der Waals surface area contributed by atoms with E-state index in [4.69, 9.17) is 10.8 Å². The van der Waals surface area contributed by atoms with Gasteiger partial charge in [-0.25, -0.2) is 4.79 Å². The zero-order chi connectivity index (χ0) is 14.6. The van der Waals surface area contributed by atoms with Crippen LogP contribution < -0.4 is 5.73 Å². The molecule has 0 aliphatic carbocycles. The van der Waals surface area contributed by atoms with Gasteiger partial charge in [-0.05, 0) is 14.0 Å². The Labute approximate surface area is 111 Å². The third kappa shape index (κ3) is 4.40. The van der Waals surface area contributed by atoms with E-state index in [2.05, 4.69) is 4.90 Å². The van der Waals surface area contributed by atoms with Crippen LogP contribution in [0.15, 0.2) is 0 Å². The van der Waals surface area contributed by atoms with Crippen molar-refractivity contribution in [3.05, 3.63) is 0 Å². The van der Waals surface area contributed by atoms with Gasteiger partial charge in [0.15, 0.2) is 0 Å². The molecule has 3 N–H and O–H groups in total. The second-order valence-corrected chi connectivity index (χ2v) is 4.80. The van der Waals surface area contributed by atoms with Gasteiger partial charge in [0.05, 0.1) is 0 Å². The minimum absolute atomic E-state index is 0.0320. The average Bonchev–Trinajstić information content (AvgIpc) is 2.26. The van der Waals surface area contributed by atoms with Crippen molar-refractivity contribution in [2.24, 2.45) is 5.73 Å². The molecule has 1 saturated heterocycles. The van der Waals surface area contributed by atoms with E-state index < -0.39 is 24.5 Å². The molecule has 0 radical (unpaired) electrons. The highest BCUT2D eigenvalue weighted by atomic mass is 16.4. The van der Waals surface area contributed by atoms with Crippen LogP contribution in [-0.4, -0.2) is 83.5 Å². The summed E-state index contributed by atoms with van der Waals surface area (Å²) < 4.78 is 0. The lowest BCUT2D eigenvalue weighted by molar-refractivity contribution is -0.138. The highest BCUT2D eigenvalue weighted by Gasteiger charge is 2.30. The van der Waals surface area contributed by atoms with Crippen molar-refractivity contribution in [1.82, 2.24) is 14.7 Å². The van der Waals surface area contributed by atoms with Crippen molar-refractivity contribution < 1.29 is 19.5 Å². The van der Waals surface area contributed by atoms with Crippen molar-refractivity contribution in [1.29, 1.82) is 0 Å². The number of hydrogen-bond donors (Lipinski definition) is 2. The molecule has 0 aromatic carbocycles. The smallest absolute Gasteiger partial charge is 0.323 e. The van der Waals surface area contributed by atoms with Gasteiger partial charge in [0, 0.05) is 25.7 Å². The molecular weight excluding hydrogens is 252 g/mol. The fraction of sp³-hybridized carbons (Fsp3) is 0.727. The molecule has 0 spiro atoms. The van der Waals surface area contributed by atoms with E-state index in [-0.39, 0.29) is 12.6 Å². The Kier molecular flexibility index (Phi) is 5.11. The molecule has 8 nitrogen and oxygen atoms in total. The second-order valence-electron chi connectivity index (χ2n) is 4.80. The molecule has 1 aliphatic rings. The van der Waals surface area contributed by atoms with E-state index >= 15 is 0 Å². The minimum Gasteiger partial charge on any atom is -0.480 e. The number of hydrogen-bond acceptors (Lipinski definition) is 4. The quantitative estimate of drug-likeness (QED) is 0.655. The fourth-order valence-corrected chi connectivity index (χ4v) is 2.15. The maximum Gasteiger partial charge on any atom is 0.323 e. The summed E-state index contributed by atoms with van der Waals surface area (Å²) in [5, 5.41) is 8.78. The predicted octanol–water partition coefficient (Wildman–Crippen LogP) is -1.39. The van der Waals surface area contributed by atoms with Gasteiger partial charge >= 0.3 is 12.0 Å². The minimum atomic E-state index is -1.17. The van der Waals surface area contributed by atoms with E-state index in [1.807, 2.05) is 14.0 Å². The highest BCUT2D eigenvalue weighted by molar-refractivity contribution is 5.86. The second kappa shape index (κ2) is 6.37. The van der Waals surface area contributed by atoms with Gasteiger partial charge in [-0.3, -0.25) is 9.59 Å². The normalized spacial score (nSPS) is 20.1. The Morgan fingerprint density at radius 1 is 1.32 bits per heavy atom. The van der Waals surface area contributed by atoms with E-state index in [0.29, 0.717) is 19.6 Å². The lowest BCUT2D eigenvalue weighted by Gasteiger charge is -2.40. The number of carboxylic acids is 1. The number of nitrogens with two attached hydrogens (primary N) is 1. The first-order valence-corrected chi connectivity index (χ1v) is 6.05. The molecule has 1 heterocycles. The lowest BCUT2D eigenvalue weighted by atomic mass is 10.2. The molecule has 0 aromatic heterocycles. The molecule has 3 amide bonds. The van der Waals surface area contributed by atoms with Gasteiger partial charge in [0.2, 0.25) is 5.91 Å². The van der Waals surface area contributed by atoms with Gasteiger partial charge in [0.25, 0.3) is 0 Å². The number of amides is 3. The highest BCUT2D eigenvalue weighted by Crippen LogP contribution is 2.11. The molecule has 1 aliphatic heterocycles. The van der Waals surface area contributed by atoms with Crippen LogP contribution >= 0.6 is 0 Å². The zero-order valence-corrected chi connectivity index (χ0v) is 11.2. The van der Waals surface area contributed by atoms with Gasteiger partial charge < -0.3 is 25.5 Å². The molecule has 1 unspecified atom stereocenters. The summed E-state index contributed by atoms with van der Waals surface area (Å²) in [6.45, 7) is 2.91. The molecule has 19 heavy (non-hydrogen) atoms. The number of rotatable bonds is 4. The number of piperazine rings is 1. The monoisotopic (exact) mass is 272 g/mol. The maximum atomic E-state index is 12.2. The number of carbonyl (C=O) groups is 3. The average molecular weight is 272 g/mol. The van der Waals surface area contributed by atoms with Crippen LogP contribution in [0.25, 0.3) is 0 Å². The third-order valence-electron chi connectivity index (χ3n) is 3.02. The Hall–Kier alpha value is -1.83. The fourth-order valence-electron chi connectivity index (χ4n) is 2.15. The summed E-state index contributed by atoms with van der Waals surface area (Å²) in [5.74, 6) is -1.90. The first kappa shape index (κ1) is 15.2. The van der Waals surface area contributed by atoms with Crippen LogP contribution in [0.4, 0.5) is 4.79 Å². The number of nitrogens with zero attached hydrogens (tertiary/aromatic N) is 3. The van der Waals surface area contributed by atoms with E-state index in [1.165, 1.54) is 0 Å². The SMILES string of the molecule is CC1CN(C)CCN1C(=O)N(CC(N)=O)CC(=O)O. The standard InChI is InChI=1S/C11H20N4O4/c1-8-5-13(2)3-4-15(8)11(19)14(6-9(12)16)7-10(17)18/h8H,3-7H2,1-2H3,(H2,12,16)(H,17,18).